The van der Waals surface area contributed by atoms with Crippen LogP contribution in [0, 0.1) is 0 Å². The van der Waals surface area contributed by atoms with Gasteiger partial charge in [0.1, 0.15) is 5.75 Å². The predicted molar refractivity (Wildman–Crippen MR) is 75.5 cm³/mol. The molecule has 1 aromatic carbocycles. The van der Waals surface area contributed by atoms with Gasteiger partial charge in [-0.15, -0.1) is 0 Å². The lowest BCUT2D eigenvalue weighted by Crippen LogP contribution is -2.39. The monoisotopic (exact) mass is 281 g/mol. The van der Waals surface area contributed by atoms with Crippen LogP contribution in [0.3, 0.4) is 0 Å². The number of aliphatic hydroxyl groups is 3. The van der Waals surface area contributed by atoms with E-state index in [1.807, 2.05) is 17.0 Å². The van der Waals surface area contributed by atoms with Gasteiger partial charge in [-0.05, 0) is 37.4 Å². The first-order valence-electron chi connectivity index (χ1n) is 7.11. The zero-order valence-electron chi connectivity index (χ0n) is 11.5. The Hall–Kier alpha value is -1.14. The molecule has 0 spiro atoms. The summed E-state index contributed by atoms with van der Waals surface area (Å²) in [5, 5.41) is 38.2. The first-order chi connectivity index (χ1) is 9.63. The van der Waals surface area contributed by atoms with Crippen molar-refractivity contribution in [1.82, 2.24) is 4.90 Å². The van der Waals surface area contributed by atoms with Gasteiger partial charge in [0, 0.05) is 6.54 Å². The highest BCUT2D eigenvalue weighted by molar-refractivity contribution is 5.31. The van der Waals surface area contributed by atoms with Crippen molar-refractivity contribution in [3.05, 3.63) is 29.8 Å². The maximum absolute atomic E-state index is 9.71. The van der Waals surface area contributed by atoms with Crippen LogP contribution in [0.15, 0.2) is 24.3 Å². The summed E-state index contributed by atoms with van der Waals surface area (Å²) in [6, 6.07) is 6.94. The van der Waals surface area contributed by atoms with Crippen molar-refractivity contribution >= 4 is 0 Å². The third kappa shape index (κ3) is 3.49. The molecule has 112 valence electrons. The molecule has 4 N–H and O–H groups in total. The zero-order chi connectivity index (χ0) is 14.5. The number of unbranched alkanes of at least 4 members (excludes halogenated alkanes) is 1. The molecule has 0 amide bonds. The SMILES string of the molecule is OC[C@@H]1[C@@H](O)[C@H](O)CN1CCCCc1ccccc1O. The van der Waals surface area contributed by atoms with Crippen molar-refractivity contribution in [3.63, 3.8) is 0 Å². The number of β-amino-alcohol motifs (C(OH)–C–C–N with tert-alkyl or cyclic N) is 1. The molecular weight excluding hydrogens is 258 g/mol. The van der Waals surface area contributed by atoms with Gasteiger partial charge in [-0.3, -0.25) is 4.90 Å². The van der Waals surface area contributed by atoms with E-state index >= 15 is 0 Å². The van der Waals surface area contributed by atoms with Crippen molar-refractivity contribution in [2.24, 2.45) is 0 Å². The molecule has 5 nitrogen and oxygen atoms in total. The Balaban J connectivity index is 1.75. The molecule has 1 fully saturated rings. The Morgan fingerprint density at radius 3 is 2.60 bits per heavy atom. The van der Waals surface area contributed by atoms with Gasteiger partial charge < -0.3 is 20.4 Å². The van der Waals surface area contributed by atoms with Gasteiger partial charge in [-0.25, -0.2) is 0 Å². The van der Waals surface area contributed by atoms with Gasteiger partial charge in [0.2, 0.25) is 0 Å². The van der Waals surface area contributed by atoms with Crippen molar-refractivity contribution in [1.29, 1.82) is 0 Å². The van der Waals surface area contributed by atoms with E-state index in [1.165, 1.54) is 0 Å². The zero-order valence-corrected chi connectivity index (χ0v) is 11.5. The topological polar surface area (TPSA) is 84.2 Å². The van der Waals surface area contributed by atoms with E-state index in [1.54, 1.807) is 12.1 Å². The van der Waals surface area contributed by atoms with Gasteiger partial charge >= 0.3 is 0 Å². The lowest BCUT2D eigenvalue weighted by molar-refractivity contribution is 0.0216. The fraction of sp³-hybridized carbons (Fsp3) is 0.600. The first kappa shape index (κ1) is 15.3. The van der Waals surface area contributed by atoms with Crippen molar-refractivity contribution < 1.29 is 20.4 Å². The lowest BCUT2D eigenvalue weighted by atomic mass is 10.1. The molecule has 5 heteroatoms. The minimum atomic E-state index is -0.863. The molecule has 0 radical (unpaired) electrons. The summed E-state index contributed by atoms with van der Waals surface area (Å²) in [6.07, 6.45) is 0.974. The average Bonchev–Trinajstić information content (AvgIpc) is 2.71. The summed E-state index contributed by atoms with van der Waals surface area (Å²) in [5.74, 6) is 0.327. The van der Waals surface area contributed by atoms with Gasteiger partial charge in [0.25, 0.3) is 0 Å². The Morgan fingerprint density at radius 2 is 1.90 bits per heavy atom. The molecule has 3 atom stereocenters. The van der Waals surface area contributed by atoms with Crippen LogP contribution in [0.1, 0.15) is 18.4 Å². The van der Waals surface area contributed by atoms with E-state index in [-0.39, 0.29) is 12.6 Å². The predicted octanol–water partition coefficient (Wildman–Crippen LogP) is 0.113. The first-order valence-corrected chi connectivity index (χ1v) is 7.11. The normalized spacial score (nSPS) is 27.1. The summed E-state index contributed by atoms with van der Waals surface area (Å²) >= 11 is 0. The minimum absolute atomic E-state index is 0.141. The molecule has 0 bridgehead atoms. The quantitative estimate of drug-likeness (QED) is 0.556. The van der Waals surface area contributed by atoms with Gasteiger partial charge in [0.05, 0.1) is 24.9 Å². The molecule has 20 heavy (non-hydrogen) atoms. The van der Waals surface area contributed by atoms with E-state index in [0.29, 0.717) is 12.3 Å². The van der Waals surface area contributed by atoms with Crippen LogP contribution in [0.5, 0.6) is 5.75 Å². The molecule has 1 saturated heterocycles. The number of hydrogen-bond acceptors (Lipinski definition) is 5. The number of nitrogens with zero attached hydrogens (tertiary/aromatic N) is 1. The number of phenols is 1. The Labute approximate surface area is 119 Å². The minimum Gasteiger partial charge on any atom is -0.508 e. The van der Waals surface area contributed by atoms with E-state index < -0.39 is 12.2 Å². The third-order valence-corrected chi connectivity index (χ3v) is 4.00. The summed E-state index contributed by atoms with van der Waals surface area (Å²) in [4.78, 5) is 1.93. The highest BCUT2D eigenvalue weighted by atomic mass is 16.3. The Bertz CT molecular complexity index is 426. The molecule has 1 heterocycles. The van der Waals surface area contributed by atoms with Gasteiger partial charge in [0.15, 0.2) is 0 Å². The summed E-state index contributed by atoms with van der Waals surface area (Å²) in [5.41, 5.74) is 0.938. The number of rotatable bonds is 6. The molecule has 1 aliphatic heterocycles. The second-order valence-corrected chi connectivity index (χ2v) is 5.39. The Kier molecular flexibility index (Phi) is 5.37. The fourth-order valence-electron chi connectivity index (χ4n) is 2.79. The second-order valence-electron chi connectivity index (χ2n) is 5.39. The highest BCUT2D eigenvalue weighted by Crippen LogP contribution is 2.21. The highest BCUT2D eigenvalue weighted by Gasteiger charge is 2.38. The molecule has 2 rings (SSSR count). The molecule has 1 aliphatic rings. The maximum Gasteiger partial charge on any atom is 0.118 e. The van der Waals surface area contributed by atoms with Crippen LogP contribution in [0.25, 0.3) is 0 Å². The Morgan fingerprint density at radius 1 is 1.15 bits per heavy atom. The summed E-state index contributed by atoms with van der Waals surface area (Å²) in [7, 11) is 0. The van der Waals surface area contributed by atoms with Crippen LogP contribution >= 0.6 is 0 Å². The maximum atomic E-state index is 9.71. The van der Waals surface area contributed by atoms with Crippen molar-refractivity contribution in [2.75, 3.05) is 19.7 Å². The van der Waals surface area contributed by atoms with E-state index in [0.717, 1.165) is 31.4 Å². The smallest absolute Gasteiger partial charge is 0.118 e. The molecule has 0 aromatic heterocycles. The molecule has 0 saturated carbocycles. The van der Waals surface area contributed by atoms with Crippen LogP contribution in [-0.4, -0.2) is 63.3 Å². The molecule has 0 aliphatic carbocycles. The number of aromatic hydroxyl groups is 1. The number of aryl methyl sites for hydroxylation is 1. The number of para-hydroxylation sites is 1. The fourth-order valence-corrected chi connectivity index (χ4v) is 2.79. The summed E-state index contributed by atoms with van der Waals surface area (Å²) in [6.45, 7) is 0.994. The van der Waals surface area contributed by atoms with Crippen molar-refractivity contribution in [2.45, 2.75) is 37.5 Å². The number of hydrogen-bond donors (Lipinski definition) is 4. The second kappa shape index (κ2) is 7.04. The molecule has 1 aromatic rings. The van der Waals surface area contributed by atoms with E-state index in [9.17, 15) is 20.4 Å². The lowest BCUT2D eigenvalue weighted by Gasteiger charge is -2.23. The van der Waals surface area contributed by atoms with E-state index in [4.69, 9.17) is 0 Å². The number of benzene rings is 1. The third-order valence-electron chi connectivity index (χ3n) is 4.00. The number of phenolic OH excluding ortho intramolecular Hbond substituents is 1. The van der Waals surface area contributed by atoms with Crippen molar-refractivity contribution in [3.8, 4) is 5.75 Å². The van der Waals surface area contributed by atoms with Gasteiger partial charge in [-0.2, -0.15) is 0 Å². The largest absolute Gasteiger partial charge is 0.508 e. The molecular formula is C15H23NO4. The number of likely N-dealkylation sites (tertiary alicyclic amines) is 1. The van der Waals surface area contributed by atoms with Gasteiger partial charge in [-0.1, -0.05) is 18.2 Å². The average molecular weight is 281 g/mol. The van der Waals surface area contributed by atoms with Crippen LogP contribution in [0.2, 0.25) is 0 Å². The molecule has 0 unspecified atom stereocenters. The van der Waals surface area contributed by atoms with Crippen LogP contribution in [0.4, 0.5) is 0 Å². The van der Waals surface area contributed by atoms with Crippen LogP contribution in [-0.2, 0) is 6.42 Å². The summed E-state index contributed by atoms with van der Waals surface area (Å²) < 4.78 is 0. The van der Waals surface area contributed by atoms with Crippen LogP contribution < -0.4 is 0 Å². The van der Waals surface area contributed by atoms with E-state index in [2.05, 4.69) is 0 Å². The standard InChI is InChI=1S/C15H23NO4/c17-10-12-15(20)14(19)9-16(12)8-4-3-6-11-5-1-2-7-13(11)18/h1-2,5,7,12,14-15,17-20H,3-4,6,8-10H2/t12-,14-,15-/m1/s1. The number of aliphatic hydroxyl groups excluding tert-OH is 3.